The van der Waals surface area contributed by atoms with Crippen molar-refractivity contribution in [3.8, 4) is 0 Å². The zero-order valence-electron chi connectivity index (χ0n) is 13.2. The third-order valence-corrected chi connectivity index (χ3v) is 4.96. The van der Waals surface area contributed by atoms with E-state index in [9.17, 15) is 0 Å². The number of aromatic nitrogens is 2. The van der Waals surface area contributed by atoms with E-state index in [1.807, 2.05) is 11.8 Å². The highest BCUT2D eigenvalue weighted by Gasteiger charge is 2.11. The topological polar surface area (TPSA) is 43.8 Å². The molecule has 21 heavy (non-hydrogen) atoms. The van der Waals surface area contributed by atoms with Crippen molar-refractivity contribution in [3.63, 3.8) is 0 Å². The molecule has 114 valence electrons. The van der Waals surface area contributed by atoms with Crippen LogP contribution in [0, 0.1) is 6.92 Å². The molecule has 0 radical (unpaired) electrons. The molecule has 2 N–H and O–H groups in total. The molecule has 1 aromatic heterocycles. The quantitative estimate of drug-likeness (QED) is 0.797. The van der Waals surface area contributed by atoms with Crippen LogP contribution >= 0.6 is 11.8 Å². The molecule has 0 spiro atoms. The van der Waals surface area contributed by atoms with Crippen LogP contribution in [-0.2, 0) is 19.4 Å². The van der Waals surface area contributed by atoms with Gasteiger partial charge in [-0.05, 0) is 38.0 Å². The fourth-order valence-electron chi connectivity index (χ4n) is 2.37. The predicted octanol–water partition coefficient (Wildman–Crippen LogP) is 3.44. The summed E-state index contributed by atoms with van der Waals surface area (Å²) >= 11 is 1.85. The number of benzene rings is 1. The van der Waals surface area contributed by atoms with Gasteiger partial charge in [-0.1, -0.05) is 25.1 Å². The Balaban J connectivity index is 1.94. The van der Waals surface area contributed by atoms with Gasteiger partial charge in [0, 0.05) is 35.3 Å². The van der Waals surface area contributed by atoms with E-state index < -0.39 is 0 Å². The maximum atomic E-state index is 6.32. The smallest absolute Gasteiger partial charge is 0.0624 e. The number of hydrogen-bond acceptors (Lipinski definition) is 3. The van der Waals surface area contributed by atoms with E-state index in [1.54, 1.807) is 0 Å². The van der Waals surface area contributed by atoms with Gasteiger partial charge >= 0.3 is 0 Å². The second kappa shape index (κ2) is 7.66. The molecule has 0 fully saturated rings. The van der Waals surface area contributed by atoms with E-state index in [0.29, 0.717) is 0 Å². The van der Waals surface area contributed by atoms with Crippen LogP contribution in [0.15, 0.2) is 35.2 Å². The van der Waals surface area contributed by atoms with Gasteiger partial charge in [0.25, 0.3) is 0 Å². The normalized spacial score (nSPS) is 12.6. The summed E-state index contributed by atoms with van der Waals surface area (Å²) in [6, 6.07) is 10.8. The van der Waals surface area contributed by atoms with Crippen LogP contribution < -0.4 is 5.73 Å². The van der Waals surface area contributed by atoms with E-state index in [2.05, 4.69) is 60.9 Å². The number of nitrogens with two attached hydrogens (primary N) is 1. The first-order chi connectivity index (χ1) is 10.1. The van der Waals surface area contributed by atoms with Crippen LogP contribution in [0.25, 0.3) is 0 Å². The molecule has 2 aromatic rings. The average molecular weight is 303 g/mol. The standard InChI is InChI=1S/C17H25N3S/c1-4-15-11-16(20(5-2)19-15)10-14(18)12-21-17-9-7-6-8-13(17)3/h6-9,11,14H,4-5,10,12,18H2,1-3H3. The average Bonchev–Trinajstić information content (AvgIpc) is 2.88. The molecule has 0 aliphatic heterocycles. The summed E-state index contributed by atoms with van der Waals surface area (Å²) in [6.45, 7) is 7.32. The van der Waals surface area contributed by atoms with Crippen LogP contribution in [0.4, 0.5) is 0 Å². The van der Waals surface area contributed by atoms with E-state index in [4.69, 9.17) is 5.73 Å². The van der Waals surface area contributed by atoms with Crippen molar-refractivity contribution in [2.45, 2.75) is 51.1 Å². The lowest BCUT2D eigenvalue weighted by Crippen LogP contribution is -2.27. The Kier molecular flexibility index (Phi) is 5.88. The Morgan fingerprint density at radius 2 is 2.05 bits per heavy atom. The van der Waals surface area contributed by atoms with Gasteiger partial charge in [0.15, 0.2) is 0 Å². The van der Waals surface area contributed by atoms with E-state index in [1.165, 1.54) is 16.2 Å². The number of thioether (sulfide) groups is 1. The lowest BCUT2D eigenvalue weighted by molar-refractivity contribution is 0.592. The number of aryl methyl sites for hydroxylation is 3. The van der Waals surface area contributed by atoms with Gasteiger partial charge in [0.2, 0.25) is 0 Å². The molecule has 1 unspecified atom stereocenters. The molecule has 0 aliphatic carbocycles. The number of nitrogens with zero attached hydrogens (tertiary/aromatic N) is 2. The SMILES string of the molecule is CCc1cc(CC(N)CSc2ccccc2C)n(CC)n1. The summed E-state index contributed by atoms with van der Waals surface area (Å²) in [7, 11) is 0. The molecule has 0 amide bonds. The zero-order chi connectivity index (χ0) is 15.2. The molecule has 1 aromatic carbocycles. The van der Waals surface area contributed by atoms with Crippen LogP contribution in [-0.4, -0.2) is 21.6 Å². The van der Waals surface area contributed by atoms with Crippen molar-refractivity contribution < 1.29 is 0 Å². The van der Waals surface area contributed by atoms with Crippen molar-refractivity contribution in [3.05, 3.63) is 47.3 Å². The molecule has 0 saturated carbocycles. The summed E-state index contributed by atoms with van der Waals surface area (Å²) in [5.41, 5.74) is 10.1. The van der Waals surface area contributed by atoms with E-state index in [-0.39, 0.29) is 6.04 Å². The second-order valence-electron chi connectivity index (χ2n) is 5.34. The summed E-state index contributed by atoms with van der Waals surface area (Å²) in [5, 5.41) is 4.59. The van der Waals surface area contributed by atoms with E-state index >= 15 is 0 Å². The molecule has 0 bridgehead atoms. The highest BCUT2D eigenvalue weighted by Crippen LogP contribution is 2.22. The number of rotatable bonds is 7. The first kappa shape index (κ1) is 16.1. The van der Waals surface area contributed by atoms with Crippen LogP contribution in [0.2, 0.25) is 0 Å². The lowest BCUT2D eigenvalue weighted by Gasteiger charge is -2.13. The summed E-state index contributed by atoms with van der Waals surface area (Å²) < 4.78 is 2.08. The minimum absolute atomic E-state index is 0.154. The van der Waals surface area contributed by atoms with Gasteiger partial charge in [-0.3, -0.25) is 4.68 Å². The summed E-state index contributed by atoms with van der Waals surface area (Å²) in [4.78, 5) is 1.33. The van der Waals surface area contributed by atoms with Crippen LogP contribution in [0.5, 0.6) is 0 Å². The highest BCUT2D eigenvalue weighted by atomic mass is 32.2. The van der Waals surface area contributed by atoms with Gasteiger partial charge in [0.1, 0.15) is 0 Å². The van der Waals surface area contributed by atoms with Gasteiger partial charge in [-0.15, -0.1) is 11.8 Å². The molecular weight excluding hydrogens is 278 g/mol. The summed E-state index contributed by atoms with van der Waals surface area (Å²) in [5.74, 6) is 0.932. The molecule has 1 heterocycles. The van der Waals surface area contributed by atoms with Gasteiger partial charge in [-0.25, -0.2) is 0 Å². The fourth-order valence-corrected chi connectivity index (χ4v) is 3.35. The highest BCUT2D eigenvalue weighted by molar-refractivity contribution is 7.99. The Hall–Kier alpha value is -1.26. The Bertz CT molecular complexity index is 577. The fraction of sp³-hybridized carbons (Fsp3) is 0.471. The van der Waals surface area contributed by atoms with Crippen molar-refractivity contribution >= 4 is 11.8 Å². The molecule has 1 atom stereocenters. The molecular formula is C17H25N3S. The minimum atomic E-state index is 0.154. The van der Waals surface area contributed by atoms with E-state index in [0.717, 1.165) is 30.8 Å². The van der Waals surface area contributed by atoms with Crippen molar-refractivity contribution in [2.75, 3.05) is 5.75 Å². The Labute approximate surface area is 131 Å². The van der Waals surface area contributed by atoms with Gasteiger partial charge < -0.3 is 5.73 Å². The maximum Gasteiger partial charge on any atom is 0.0624 e. The first-order valence-corrected chi connectivity index (χ1v) is 8.62. The van der Waals surface area contributed by atoms with Crippen molar-refractivity contribution in [2.24, 2.45) is 5.73 Å². The molecule has 0 saturated heterocycles. The third kappa shape index (κ3) is 4.35. The third-order valence-electron chi connectivity index (χ3n) is 3.59. The van der Waals surface area contributed by atoms with Gasteiger partial charge in [-0.2, -0.15) is 5.10 Å². The predicted molar refractivity (Wildman–Crippen MR) is 90.9 cm³/mol. The Morgan fingerprint density at radius 1 is 1.29 bits per heavy atom. The van der Waals surface area contributed by atoms with Crippen molar-refractivity contribution in [1.29, 1.82) is 0 Å². The van der Waals surface area contributed by atoms with Crippen LogP contribution in [0.3, 0.4) is 0 Å². The van der Waals surface area contributed by atoms with Crippen LogP contribution in [0.1, 0.15) is 30.8 Å². The zero-order valence-corrected chi connectivity index (χ0v) is 14.0. The maximum absolute atomic E-state index is 6.32. The molecule has 3 nitrogen and oxygen atoms in total. The summed E-state index contributed by atoms with van der Waals surface area (Å²) in [6.07, 6.45) is 1.87. The minimum Gasteiger partial charge on any atom is -0.327 e. The monoisotopic (exact) mass is 303 g/mol. The largest absolute Gasteiger partial charge is 0.327 e. The molecule has 0 aliphatic rings. The molecule has 4 heteroatoms. The molecule has 2 rings (SSSR count). The lowest BCUT2D eigenvalue weighted by atomic mass is 10.2. The second-order valence-corrected chi connectivity index (χ2v) is 6.40. The number of hydrogen-bond donors (Lipinski definition) is 1. The van der Waals surface area contributed by atoms with Gasteiger partial charge in [0.05, 0.1) is 5.69 Å². The first-order valence-electron chi connectivity index (χ1n) is 7.63. The Morgan fingerprint density at radius 3 is 2.71 bits per heavy atom. The van der Waals surface area contributed by atoms with Crippen molar-refractivity contribution in [1.82, 2.24) is 9.78 Å².